The number of hydrogen-bond acceptors (Lipinski definition) is 6. The fraction of sp³-hybridized carbons (Fsp3) is 0.565. The molecule has 8 heteroatoms. The summed E-state index contributed by atoms with van der Waals surface area (Å²) in [6.45, 7) is 3.28. The van der Waals surface area contributed by atoms with Crippen molar-refractivity contribution in [3.8, 4) is 0 Å². The van der Waals surface area contributed by atoms with Crippen molar-refractivity contribution in [3.63, 3.8) is 0 Å². The molecule has 2 saturated heterocycles. The molecule has 2 atom stereocenters. The van der Waals surface area contributed by atoms with E-state index in [2.05, 4.69) is 10.2 Å². The quantitative estimate of drug-likeness (QED) is 0.777. The highest BCUT2D eigenvalue weighted by Gasteiger charge is 2.30. The monoisotopic (exact) mass is 444 g/mol. The van der Waals surface area contributed by atoms with Gasteiger partial charge in [0.1, 0.15) is 16.5 Å². The molecule has 1 aromatic heterocycles. The molecule has 31 heavy (non-hydrogen) atoms. The number of nitrogens with one attached hydrogen (secondary N) is 1. The van der Waals surface area contributed by atoms with Crippen molar-refractivity contribution in [3.05, 3.63) is 41.3 Å². The minimum Gasteiger partial charge on any atom is -0.381 e. The first kappa shape index (κ1) is 20.8. The Labute approximate surface area is 185 Å². The molecule has 0 aliphatic carbocycles. The van der Waals surface area contributed by atoms with Crippen molar-refractivity contribution >= 4 is 22.6 Å². The van der Waals surface area contributed by atoms with Crippen LogP contribution in [0.2, 0.25) is 0 Å². The zero-order valence-corrected chi connectivity index (χ0v) is 18.5. The summed E-state index contributed by atoms with van der Waals surface area (Å²) in [7, 11) is -1.03. The van der Waals surface area contributed by atoms with Crippen molar-refractivity contribution in [2.45, 2.75) is 55.4 Å². The zero-order chi connectivity index (χ0) is 21.2. The van der Waals surface area contributed by atoms with Crippen molar-refractivity contribution in [2.75, 3.05) is 42.3 Å². The Morgan fingerprint density at radius 1 is 1.06 bits per heavy atom. The molecule has 0 radical (unpaired) electrons. The molecule has 2 aromatic rings. The number of aryl methyl sites for hydroxylation is 1. The molecule has 6 nitrogen and oxygen atoms in total. The second-order valence-electron chi connectivity index (χ2n) is 8.65. The van der Waals surface area contributed by atoms with E-state index >= 15 is 0 Å². The SMILES string of the molecule is O=S1CCc2nc(N3CCC(c4ccc(F)cc4)CC3)nc(NC3CCCOCC3)c21. The Bertz CT molecular complexity index is 939. The van der Waals surface area contributed by atoms with Gasteiger partial charge in [0.2, 0.25) is 5.95 Å². The molecule has 2 fully saturated rings. The third kappa shape index (κ3) is 4.60. The number of nitrogens with zero attached hydrogens (tertiary/aromatic N) is 3. The minimum absolute atomic E-state index is 0.189. The maximum Gasteiger partial charge on any atom is 0.227 e. The number of rotatable bonds is 4. The third-order valence-electron chi connectivity index (χ3n) is 6.59. The molecular weight excluding hydrogens is 415 g/mol. The molecule has 3 aliphatic rings. The van der Waals surface area contributed by atoms with E-state index in [0.717, 1.165) is 87.2 Å². The molecule has 4 heterocycles. The first-order chi connectivity index (χ1) is 15.2. The first-order valence-corrected chi connectivity index (χ1v) is 12.6. The van der Waals surface area contributed by atoms with Crippen LogP contribution in [0.4, 0.5) is 16.2 Å². The summed E-state index contributed by atoms with van der Waals surface area (Å²) in [5.74, 6) is 2.36. The van der Waals surface area contributed by atoms with Gasteiger partial charge in [-0.15, -0.1) is 0 Å². The normalized spacial score (nSPS) is 24.6. The van der Waals surface area contributed by atoms with Gasteiger partial charge in [0.05, 0.1) is 16.5 Å². The smallest absolute Gasteiger partial charge is 0.227 e. The molecule has 166 valence electrons. The predicted molar refractivity (Wildman–Crippen MR) is 120 cm³/mol. The summed E-state index contributed by atoms with van der Waals surface area (Å²) >= 11 is 0. The first-order valence-electron chi connectivity index (χ1n) is 11.3. The van der Waals surface area contributed by atoms with E-state index < -0.39 is 10.8 Å². The number of halogens is 1. The highest BCUT2D eigenvalue weighted by molar-refractivity contribution is 7.85. The van der Waals surface area contributed by atoms with Crippen LogP contribution in [-0.4, -0.2) is 52.3 Å². The fourth-order valence-corrected chi connectivity index (χ4v) is 6.13. The summed E-state index contributed by atoms with van der Waals surface area (Å²) in [5.41, 5.74) is 2.13. The van der Waals surface area contributed by atoms with Crippen LogP contribution in [0, 0.1) is 5.82 Å². The molecule has 0 amide bonds. The Balaban J connectivity index is 1.34. The van der Waals surface area contributed by atoms with Crippen LogP contribution < -0.4 is 10.2 Å². The number of aromatic nitrogens is 2. The summed E-state index contributed by atoms with van der Waals surface area (Å²) in [5, 5.41) is 3.58. The molecule has 1 aromatic carbocycles. The number of anilines is 2. The van der Waals surface area contributed by atoms with Crippen molar-refractivity contribution in [1.82, 2.24) is 9.97 Å². The van der Waals surface area contributed by atoms with E-state index in [1.54, 1.807) is 12.1 Å². The number of fused-ring (bicyclic) bond motifs is 1. The Morgan fingerprint density at radius 2 is 1.87 bits per heavy atom. The lowest BCUT2D eigenvalue weighted by Crippen LogP contribution is -2.34. The average molecular weight is 445 g/mol. The van der Waals surface area contributed by atoms with E-state index in [1.807, 2.05) is 12.1 Å². The van der Waals surface area contributed by atoms with Crippen molar-refractivity contribution < 1.29 is 13.3 Å². The van der Waals surface area contributed by atoms with Crippen molar-refractivity contribution in [2.24, 2.45) is 0 Å². The molecule has 5 rings (SSSR count). The van der Waals surface area contributed by atoms with Gasteiger partial charge >= 0.3 is 0 Å². The summed E-state index contributed by atoms with van der Waals surface area (Å²) in [6, 6.07) is 7.17. The van der Waals surface area contributed by atoms with Crippen LogP contribution >= 0.6 is 0 Å². The highest BCUT2D eigenvalue weighted by atomic mass is 32.2. The standard InChI is InChI=1S/C23H29FN4O2S/c24-18-5-3-16(4-6-18)17-7-11-28(12-8-17)23-26-20-10-15-31(29)21(20)22(27-23)25-19-2-1-13-30-14-9-19/h3-6,17,19H,1-2,7-15H2,(H,25,26,27). The lowest BCUT2D eigenvalue weighted by Gasteiger charge is -2.33. The lowest BCUT2D eigenvalue weighted by atomic mass is 9.89. The van der Waals surface area contributed by atoms with E-state index in [-0.39, 0.29) is 11.9 Å². The number of hydrogen-bond donors (Lipinski definition) is 1. The van der Waals surface area contributed by atoms with Crippen LogP contribution in [0.1, 0.15) is 49.3 Å². The van der Waals surface area contributed by atoms with Crippen LogP contribution in [0.25, 0.3) is 0 Å². The van der Waals surface area contributed by atoms with Crippen LogP contribution in [0.3, 0.4) is 0 Å². The molecular formula is C23H29FN4O2S. The number of ether oxygens (including phenoxy) is 1. The van der Waals surface area contributed by atoms with Gasteiger partial charge in [-0.25, -0.2) is 9.37 Å². The summed E-state index contributed by atoms with van der Waals surface area (Å²) < 4.78 is 31.5. The van der Waals surface area contributed by atoms with E-state index in [0.29, 0.717) is 11.7 Å². The second kappa shape index (κ2) is 9.20. The second-order valence-corrected chi connectivity index (χ2v) is 10.2. The molecule has 2 unspecified atom stereocenters. The van der Waals surface area contributed by atoms with Gasteiger partial charge in [-0.2, -0.15) is 4.98 Å². The molecule has 0 bridgehead atoms. The number of piperidine rings is 1. The van der Waals surface area contributed by atoms with Gasteiger partial charge in [0, 0.05) is 44.5 Å². The van der Waals surface area contributed by atoms with Gasteiger partial charge in [-0.1, -0.05) is 12.1 Å². The van der Waals surface area contributed by atoms with E-state index in [1.165, 1.54) is 5.56 Å². The Kier molecular flexibility index (Phi) is 6.18. The topological polar surface area (TPSA) is 67.4 Å². The van der Waals surface area contributed by atoms with E-state index in [9.17, 15) is 8.60 Å². The van der Waals surface area contributed by atoms with Crippen LogP contribution in [0.5, 0.6) is 0 Å². The molecule has 1 N–H and O–H groups in total. The summed E-state index contributed by atoms with van der Waals surface area (Å²) in [4.78, 5) is 12.7. The average Bonchev–Trinajstić information content (AvgIpc) is 2.99. The van der Waals surface area contributed by atoms with Crippen LogP contribution in [-0.2, 0) is 22.0 Å². The Morgan fingerprint density at radius 3 is 2.68 bits per heavy atom. The van der Waals surface area contributed by atoms with Crippen LogP contribution in [0.15, 0.2) is 29.2 Å². The fourth-order valence-electron chi connectivity index (χ4n) is 4.81. The lowest BCUT2D eigenvalue weighted by molar-refractivity contribution is 0.144. The molecule has 0 spiro atoms. The van der Waals surface area contributed by atoms with Crippen molar-refractivity contribution in [1.29, 1.82) is 0 Å². The van der Waals surface area contributed by atoms with Gasteiger partial charge in [0.25, 0.3) is 0 Å². The van der Waals surface area contributed by atoms with Gasteiger partial charge in [-0.05, 0) is 55.7 Å². The zero-order valence-electron chi connectivity index (χ0n) is 17.7. The third-order valence-corrected chi connectivity index (χ3v) is 8.05. The largest absolute Gasteiger partial charge is 0.381 e. The van der Waals surface area contributed by atoms with Gasteiger partial charge in [-0.3, -0.25) is 4.21 Å². The maximum atomic E-state index is 13.2. The highest BCUT2D eigenvalue weighted by Crippen LogP contribution is 2.34. The minimum atomic E-state index is -1.03. The molecule has 0 saturated carbocycles. The number of benzene rings is 1. The van der Waals surface area contributed by atoms with Gasteiger partial charge < -0.3 is 15.0 Å². The Hall–Kier alpha value is -2.06. The predicted octanol–water partition coefficient (Wildman–Crippen LogP) is 3.64. The van der Waals surface area contributed by atoms with E-state index in [4.69, 9.17) is 14.7 Å². The summed E-state index contributed by atoms with van der Waals surface area (Å²) in [6.07, 6.45) is 5.71. The maximum absolute atomic E-state index is 13.2. The molecule has 3 aliphatic heterocycles. The van der Waals surface area contributed by atoms with Gasteiger partial charge in [0.15, 0.2) is 0 Å².